The van der Waals surface area contributed by atoms with Gasteiger partial charge in [-0.3, -0.25) is 0 Å². The predicted molar refractivity (Wildman–Crippen MR) is 129 cm³/mol. The van der Waals surface area contributed by atoms with E-state index in [1.165, 1.54) is 11.8 Å². The van der Waals surface area contributed by atoms with Crippen molar-refractivity contribution < 1.29 is 32.5 Å². The van der Waals surface area contributed by atoms with Gasteiger partial charge in [0, 0.05) is 37.4 Å². The molecule has 2 aliphatic heterocycles. The van der Waals surface area contributed by atoms with Gasteiger partial charge < -0.3 is 29.7 Å². The first-order valence-corrected chi connectivity index (χ1v) is 12.0. The number of pyridine rings is 1. The van der Waals surface area contributed by atoms with Crippen LogP contribution in [-0.2, 0) is 4.74 Å². The summed E-state index contributed by atoms with van der Waals surface area (Å²) in [7, 11) is 0. The van der Waals surface area contributed by atoms with Crippen molar-refractivity contribution in [2.24, 2.45) is 5.92 Å². The molecule has 2 N–H and O–H groups in total. The Morgan fingerprint density at radius 1 is 1.22 bits per heavy atom. The number of amides is 2. The molecule has 0 saturated carbocycles. The molecule has 11 heteroatoms. The van der Waals surface area contributed by atoms with Crippen molar-refractivity contribution in [3.05, 3.63) is 35.9 Å². The largest absolute Gasteiger partial charge is 0.475 e. The van der Waals surface area contributed by atoms with E-state index >= 15 is 0 Å². The van der Waals surface area contributed by atoms with E-state index in [1.807, 2.05) is 19.1 Å². The van der Waals surface area contributed by atoms with Crippen molar-refractivity contribution >= 4 is 17.5 Å². The maximum absolute atomic E-state index is 13.2. The van der Waals surface area contributed by atoms with Gasteiger partial charge in [-0.2, -0.15) is 18.2 Å². The minimum Gasteiger partial charge on any atom is -0.475 e. The van der Waals surface area contributed by atoms with Gasteiger partial charge in [-0.25, -0.2) is 4.79 Å². The monoisotopic (exact) mass is 508 g/mol. The van der Waals surface area contributed by atoms with Crippen LogP contribution < -0.4 is 15.0 Å². The number of hydrogen-bond donors (Lipinski definition) is 2. The lowest BCUT2D eigenvalue weighted by atomic mass is 10.00. The molecule has 2 fully saturated rings. The highest BCUT2D eigenvalue weighted by molar-refractivity contribution is 5.91. The van der Waals surface area contributed by atoms with Crippen LogP contribution in [0.15, 0.2) is 30.3 Å². The molecule has 196 valence electrons. The lowest BCUT2D eigenvalue weighted by molar-refractivity contribution is -0.177. The quantitative estimate of drug-likeness (QED) is 0.612. The Labute approximate surface area is 208 Å². The third-order valence-electron chi connectivity index (χ3n) is 6.70. The van der Waals surface area contributed by atoms with Crippen molar-refractivity contribution in [2.75, 3.05) is 56.3 Å². The summed E-state index contributed by atoms with van der Waals surface area (Å²) >= 11 is 0. The molecule has 4 rings (SSSR count). The molecule has 8 nitrogen and oxygen atoms in total. The predicted octanol–water partition coefficient (Wildman–Crippen LogP) is 4.07. The number of benzene rings is 1. The Bertz CT molecular complexity index is 1080. The summed E-state index contributed by atoms with van der Waals surface area (Å²) in [5.41, 5.74) is 3.04. The van der Waals surface area contributed by atoms with Crippen molar-refractivity contribution in [3.63, 3.8) is 0 Å². The van der Waals surface area contributed by atoms with Crippen LogP contribution >= 0.6 is 0 Å². The normalized spacial score (nSPS) is 20.5. The van der Waals surface area contributed by atoms with Crippen LogP contribution in [0.3, 0.4) is 0 Å². The van der Waals surface area contributed by atoms with Crippen molar-refractivity contribution in [1.29, 1.82) is 0 Å². The van der Waals surface area contributed by atoms with Crippen molar-refractivity contribution in [3.8, 4) is 17.0 Å². The van der Waals surface area contributed by atoms with Gasteiger partial charge in [0.25, 0.3) is 0 Å². The number of hydrogen-bond acceptors (Lipinski definition) is 6. The standard InChI is InChI=1S/C25H31F3N4O4/c1-16-3-4-19(29-24(34)32-6-5-21(17(32)2)25(26,27)28)15-20(16)18-13-22(31-7-10-35-11-8-31)30-23(14-18)36-12-9-33/h3-4,13-15,17,21,33H,5-12H2,1-2H3,(H,29,34). The number of aliphatic hydroxyl groups is 1. The molecule has 3 heterocycles. The third kappa shape index (κ3) is 5.84. The number of carbonyl (C=O) groups is 1. The lowest BCUT2D eigenvalue weighted by Crippen LogP contribution is -2.41. The fourth-order valence-electron chi connectivity index (χ4n) is 4.70. The maximum Gasteiger partial charge on any atom is 0.393 e. The fourth-order valence-corrected chi connectivity index (χ4v) is 4.70. The van der Waals surface area contributed by atoms with Crippen LogP contribution in [0.4, 0.5) is 29.5 Å². The molecule has 2 atom stereocenters. The molecule has 0 bridgehead atoms. The van der Waals surface area contributed by atoms with Crippen LogP contribution in [0.2, 0.25) is 0 Å². The number of aromatic nitrogens is 1. The summed E-state index contributed by atoms with van der Waals surface area (Å²) in [6.45, 7) is 5.89. The molecule has 2 aliphatic rings. The zero-order valence-corrected chi connectivity index (χ0v) is 20.3. The highest BCUT2D eigenvalue weighted by Gasteiger charge is 2.49. The topological polar surface area (TPSA) is 87.2 Å². The second kappa shape index (κ2) is 10.9. The highest BCUT2D eigenvalue weighted by Crippen LogP contribution is 2.38. The molecule has 0 radical (unpaired) electrons. The van der Waals surface area contributed by atoms with E-state index in [-0.39, 0.29) is 26.2 Å². The number of aliphatic hydroxyl groups excluding tert-OH is 1. The number of nitrogens with zero attached hydrogens (tertiary/aromatic N) is 3. The van der Waals surface area contributed by atoms with Gasteiger partial charge in [-0.15, -0.1) is 0 Å². The van der Waals surface area contributed by atoms with Crippen LogP contribution in [0, 0.1) is 12.8 Å². The van der Waals surface area contributed by atoms with Crippen LogP contribution in [-0.4, -0.2) is 79.3 Å². The van der Waals surface area contributed by atoms with Crippen molar-refractivity contribution in [2.45, 2.75) is 32.5 Å². The number of alkyl halides is 3. The summed E-state index contributed by atoms with van der Waals surface area (Å²) in [4.78, 5) is 20.7. The molecule has 0 spiro atoms. The van der Waals surface area contributed by atoms with E-state index < -0.39 is 24.2 Å². The van der Waals surface area contributed by atoms with E-state index in [1.54, 1.807) is 18.2 Å². The first-order valence-electron chi connectivity index (χ1n) is 12.0. The molecule has 36 heavy (non-hydrogen) atoms. The van der Waals surface area contributed by atoms with Gasteiger partial charge in [0.05, 0.1) is 25.7 Å². The number of aryl methyl sites for hydroxylation is 1. The van der Waals surface area contributed by atoms with E-state index in [4.69, 9.17) is 9.47 Å². The maximum atomic E-state index is 13.2. The lowest BCUT2D eigenvalue weighted by Gasteiger charge is -2.28. The number of likely N-dealkylation sites (tertiary alicyclic amines) is 1. The fraction of sp³-hybridized carbons (Fsp3) is 0.520. The molecule has 0 aliphatic carbocycles. The van der Waals surface area contributed by atoms with Gasteiger partial charge >= 0.3 is 12.2 Å². The zero-order valence-electron chi connectivity index (χ0n) is 20.3. The minimum absolute atomic E-state index is 0.0503. The molecule has 1 aromatic heterocycles. The Morgan fingerprint density at radius 2 is 1.97 bits per heavy atom. The number of anilines is 2. The Balaban J connectivity index is 1.59. The Morgan fingerprint density at radius 3 is 2.64 bits per heavy atom. The van der Waals surface area contributed by atoms with Gasteiger partial charge in [0.15, 0.2) is 0 Å². The van der Waals surface area contributed by atoms with Gasteiger partial charge in [0.2, 0.25) is 5.88 Å². The molecule has 2 saturated heterocycles. The summed E-state index contributed by atoms with van der Waals surface area (Å²) in [5.74, 6) is -0.452. The van der Waals surface area contributed by atoms with E-state index in [0.717, 1.165) is 16.7 Å². The molecule has 2 unspecified atom stereocenters. The number of ether oxygens (including phenoxy) is 2. The SMILES string of the molecule is Cc1ccc(NC(=O)N2CCC(C(F)(F)F)C2C)cc1-c1cc(OCCO)nc(N2CCOCC2)c1. The minimum atomic E-state index is -4.33. The summed E-state index contributed by atoms with van der Waals surface area (Å²) in [6.07, 6.45) is -4.43. The molecule has 2 amide bonds. The van der Waals surface area contributed by atoms with Crippen LogP contribution in [0.5, 0.6) is 5.88 Å². The molecular formula is C25H31F3N4O4. The smallest absolute Gasteiger partial charge is 0.393 e. The molecular weight excluding hydrogens is 477 g/mol. The van der Waals surface area contributed by atoms with E-state index in [0.29, 0.717) is 43.7 Å². The van der Waals surface area contributed by atoms with E-state index in [2.05, 4.69) is 15.2 Å². The Hall–Kier alpha value is -3.05. The number of halogens is 3. The van der Waals surface area contributed by atoms with Crippen molar-refractivity contribution in [1.82, 2.24) is 9.88 Å². The third-order valence-corrected chi connectivity index (χ3v) is 6.70. The van der Waals surface area contributed by atoms with Crippen LogP contribution in [0.1, 0.15) is 18.9 Å². The van der Waals surface area contributed by atoms with E-state index in [9.17, 15) is 23.1 Å². The average molecular weight is 509 g/mol. The summed E-state index contributed by atoms with van der Waals surface area (Å²) in [5, 5.41) is 11.9. The second-order valence-electron chi connectivity index (χ2n) is 9.05. The zero-order chi connectivity index (χ0) is 25.9. The number of rotatable bonds is 6. The molecule has 1 aromatic carbocycles. The van der Waals surface area contributed by atoms with Gasteiger partial charge in [-0.1, -0.05) is 6.07 Å². The second-order valence-corrected chi connectivity index (χ2v) is 9.05. The van der Waals surface area contributed by atoms with Crippen LogP contribution in [0.25, 0.3) is 11.1 Å². The first-order chi connectivity index (χ1) is 17.2. The highest BCUT2D eigenvalue weighted by atomic mass is 19.4. The Kier molecular flexibility index (Phi) is 7.89. The average Bonchev–Trinajstić information content (AvgIpc) is 3.26. The number of urea groups is 1. The summed E-state index contributed by atoms with van der Waals surface area (Å²) in [6, 6.07) is 7.58. The first kappa shape index (κ1) is 26.0. The number of carbonyl (C=O) groups excluding carboxylic acids is 1. The molecule has 2 aromatic rings. The van der Waals surface area contributed by atoms with Gasteiger partial charge in [0.1, 0.15) is 12.4 Å². The number of nitrogens with one attached hydrogen (secondary N) is 1. The van der Waals surface area contributed by atoms with Gasteiger partial charge in [-0.05, 0) is 55.2 Å². The number of morpholine rings is 1. The summed E-state index contributed by atoms with van der Waals surface area (Å²) < 4.78 is 50.8.